The van der Waals surface area contributed by atoms with Crippen molar-refractivity contribution in [1.82, 2.24) is 5.06 Å². The minimum atomic E-state index is -0.645. The van der Waals surface area contributed by atoms with Crippen molar-refractivity contribution in [3.63, 3.8) is 0 Å². The van der Waals surface area contributed by atoms with Gasteiger partial charge in [0.1, 0.15) is 12.4 Å². The number of hydrogen-bond donors (Lipinski definition) is 0. The first-order valence-corrected chi connectivity index (χ1v) is 9.56. The molecule has 6 heteroatoms. The van der Waals surface area contributed by atoms with Crippen LogP contribution in [0.25, 0.3) is 0 Å². The number of fused-ring (bicyclic) bond motifs is 1. The largest absolute Gasteiger partial charge is 0.489 e. The lowest BCUT2D eigenvalue weighted by atomic mass is 10.1. The molecule has 4 rings (SSSR count). The molecule has 0 spiro atoms. The Morgan fingerprint density at radius 2 is 1.33 bits per heavy atom. The average Bonchev–Trinajstić information content (AvgIpc) is 3.03. The zero-order chi connectivity index (χ0) is 20.9. The number of carbonyl (C=O) groups excluding carboxylic acids is 3. The highest BCUT2D eigenvalue weighted by Crippen LogP contribution is 2.23. The van der Waals surface area contributed by atoms with Crippen LogP contribution in [-0.4, -0.2) is 22.8 Å². The monoisotopic (exact) mass is 401 g/mol. The maximum atomic E-state index is 12.2. The molecule has 1 aliphatic heterocycles. The second kappa shape index (κ2) is 8.61. The molecular weight excluding hydrogens is 382 g/mol. The smallest absolute Gasteiger partial charge is 0.333 e. The second-order valence-electron chi connectivity index (χ2n) is 6.83. The highest BCUT2D eigenvalue weighted by Gasteiger charge is 2.38. The predicted octanol–water partition coefficient (Wildman–Crippen LogP) is 3.95. The van der Waals surface area contributed by atoms with Gasteiger partial charge in [0.15, 0.2) is 0 Å². The van der Waals surface area contributed by atoms with Gasteiger partial charge in [-0.05, 0) is 41.8 Å². The third-order valence-electron chi connectivity index (χ3n) is 4.74. The second-order valence-corrected chi connectivity index (χ2v) is 6.83. The zero-order valence-electron chi connectivity index (χ0n) is 16.1. The van der Waals surface area contributed by atoms with E-state index in [2.05, 4.69) is 0 Å². The number of benzene rings is 3. The zero-order valence-corrected chi connectivity index (χ0v) is 16.1. The highest BCUT2D eigenvalue weighted by atomic mass is 16.7. The Kier molecular flexibility index (Phi) is 5.57. The summed E-state index contributed by atoms with van der Waals surface area (Å²) in [6, 6.07) is 23.7. The summed E-state index contributed by atoms with van der Waals surface area (Å²) in [7, 11) is 0. The predicted molar refractivity (Wildman–Crippen MR) is 109 cm³/mol. The number of imide groups is 1. The molecule has 0 fully saturated rings. The number of hydrogen-bond acceptors (Lipinski definition) is 5. The van der Waals surface area contributed by atoms with Crippen LogP contribution in [-0.2, 0) is 22.7 Å². The van der Waals surface area contributed by atoms with Gasteiger partial charge in [0.25, 0.3) is 11.8 Å². The van der Waals surface area contributed by atoms with Gasteiger partial charge in [-0.2, -0.15) is 0 Å². The number of aryl methyl sites for hydroxylation is 1. The topological polar surface area (TPSA) is 72.9 Å². The molecule has 1 heterocycles. The van der Waals surface area contributed by atoms with Gasteiger partial charge in [-0.1, -0.05) is 59.7 Å². The Labute approximate surface area is 173 Å². The summed E-state index contributed by atoms with van der Waals surface area (Å²) in [5.74, 6) is -1.15. The number of nitrogens with zero attached hydrogens (tertiary/aromatic N) is 1. The van der Waals surface area contributed by atoms with Gasteiger partial charge in [-0.15, -0.1) is 0 Å². The summed E-state index contributed by atoms with van der Waals surface area (Å²) in [4.78, 5) is 41.6. The van der Waals surface area contributed by atoms with E-state index in [-0.39, 0.29) is 17.5 Å². The van der Waals surface area contributed by atoms with Gasteiger partial charge in [-0.25, -0.2) is 4.79 Å². The summed E-state index contributed by atoms with van der Waals surface area (Å²) in [6.45, 7) is 0.479. The third kappa shape index (κ3) is 4.22. The summed E-state index contributed by atoms with van der Waals surface area (Å²) < 4.78 is 5.74. The van der Waals surface area contributed by atoms with E-state index in [0.29, 0.717) is 18.1 Å². The van der Waals surface area contributed by atoms with Crippen LogP contribution in [0.1, 0.15) is 38.3 Å². The lowest BCUT2D eigenvalue weighted by Gasteiger charge is -2.12. The Morgan fingerprint density at radius 1 is 0.733 bits per heavy atom. The average molecular weight is 401 g/mol. The molecule has 0 N–H and O–H groups in total. The molecule has 0 atom stereocenters. The lowest BCUT2D eigenvalue weighted by Crippen LogP contribution is -2.32. The molecule has 0 unspecified atom stereocenters. The van der Waals surface area contributed by atoms with Gasteiger partial charge < -0.3 is 9.57 Å². The Hall–Kier alpha value is -3.93. The van der Waals surface area contributed by atoms with Crippen LogP contribution in [0.3, 0.4) is 0 Å². The van der Waals surface area contributed by atoms with Crippen molar-refractivity contribution >= 4 is 17.8 Å². The number of ether oxygens (including phenoxy) is 1. The maximum absolute atomic E-state index is 12.2. The van der Waals surface area contributed by atoms with Crippen LogP contribution >= 0.6 is 0 Å². The molecule has 0 aliphatic carbocycles. The van der Waals surface area contributed by atoms with Crippen LogP contribution in [0.4, 0.5) is 0 Å². The van der Waals surface area contributed by atoms with Crippen molar-refractivity contribution in [1.29, 1.82) is 0 Å². The molecule has 6 nitrogen and oxygen atoms in total. The SMILES string of the molecule is O=C(CCc1ccc(OCc2ccccc2)cc1)ON1C(=O)c2ccccc2C1=O. The van der Waals surface area contributed by atoms with Crippen molar-refractivity contribution in [2.45, 2.75) is 19.4 Å². The third-order valence-corrected chi connectivity index (χ3v) is 4.74. The molecule has 3 aromatic rings. The van der Waals surface area contributed by atoms with Crippen molar-refractivity contribution < 1.29 is 24.0 Å². The van der Waals surface area contributed by atoms with Gasteiger partial charge in [0, 0.05) is 0 Å². The van der Waals surface area contributed by atoms with Crippen molar-refractivity contribution in [3.8, 4) is 5.75 Å². The van der Waals surface area contributed by atoms with E-state index in [1.165, 1.54) is 12.1 Å². The molecule has 0 saturated carbocycles. The first-order chi connectivity index (χ1) is 14.6. The van der Waals surface area contributed by atoms with Gasteiger partial charge in [-0.3, -0.25) is 9.59 Å². The summed E-state index contributed by atoms with van der Waals surface area (Å²) >= 11 is 0. The van der Waals surface area contributed by atoms with Gasteiger partial charge in [0.2, 0.25) is 0 Å². The Morgan fingerprint density at radius 3 is 1.97 bits per heavy atom. The normalized spacial score (nSPS) is 12.6. The van der Waals surface area contributed by atoms with Crippen molar-refractivity contribution in [2.75, 3.05) is 0 Å². The van der Waals surface area contributed by atoms with Crippen LogP contribution in [0.2, 0.25) is 0 Å². The summed E-state index contributed by atoms with van der Waals surface area (Å²) in [5.41, 5.74) is 2.47. The van der Waals surface area contributed by atoms with E-state index in [1.807, 2.05) is 54.6 Å². The molecule has 2 amide bonds. The molecule has 3 aromatic carbocycles. The van der Waals surface area contributed by atoms with Crippen LogP contribution < -0.4 is 4.74 Å². The standard InChI is InChI=1S/C24H19NO5/c26-22(30-25-23(27)20-8-4-5-9-21(20)24(25)28)15-12-17-10-13-19(14-11-17)29-16-18-6-2-1-3-7-18/h1-11,13-14H,12,15-16H2. The minimum absolute atomic E-state index is 0.0393. The molecule has 0 aromatic heterocycles. The molecule has 0 radical (unpaired) electrons. The Bertz CT molecular complexity index is 1040. The van der Waals surface area contributed by atoms with Gasteiger partial charge in [0.05, 0.1) is 17.5 Å². The molecule has 0 bridgehead atoms. The van der Waals surface area contributed by atoms with Gasteiger partial charge >= 0.3 is 5.97 Å². The summed E-state index contributed by atoms with van der Waals surface area (Å²) in [6.07, 6.45) is 0.457. The number of rotatable bonds is 7. The van der Waals surface area contributed by atoms with Crippen LogP contribution in [0, 0.1) is 0 Å². The summed E-state index contributed by atoms with van der Waals surface area (Å²) in [5, 5.41) is 0.535. The number of hydroxylamine groups is 2. The van der Waals surface area contributed by atoms with Crippen LogP contribution in [0.15, 0.2) is 78.9 Å². The van der Waals surface area contributed by atoms with E-state index in [4.69, 9.17) is 9.57 Å². The lowest BCUT2D eigenvalue weighted by molar-refractivity contribution is -0.168. The molecular formula is C24H19NO5. The van der Waals surface area contributed by atoms with E-state index < -0.39 is 17.8 Å². The van der Waals surface area contributed by atoms with Crippen molar-refractivity contribution in [3.05, 3.63) is 101 Å². The first-order valence-electron chi connectivity index (χ1n) is 9.56. The first kappa shape index (κ1) is 19.4. The Balaban J connectivity index is 1.27. The fourth-order valence-corrected chi connectivity index (χ4v) is 3.14. The number of carbonyl (C=O) groups is 3. The maximum Gasteiger partial charge on any atom is 0.333 e. The molecule has 0 saturated heterocycles. The fourth-order valence-electron chi connectivity index (χ4n) is 3.14. The van der Waals surface area contributed by atoms with E-state index in [1.54, 1.807) is 12.1 Å². The fraction of sp³-hybridized carbons (Fsp3) is 0.125. The minimum Gasteiger partial charge on any atom is -0.489 e. The number of amides is 2. The molecule has 150 valence electrons. The van der Waals surface area contributed by atoms with Crippen molar-refractivity contribution in [2.24, 2.45) is 0 Å². The van der Waals surface area contributed by atoms with E-state index >= 15 is 0 Å². The molecule has 1 aliphatic rings. The van der Waals surface area contributed by atoms with E-state index in [0.717, 1.165) is 16.9 Å². The highest BCUT2D eigenvalue weighted by molar-refractivity contribution is 6.20. The van der Waals surface area contributed by atoms with E-state index in [9.17, 15) is 14.4 Å². The quantitative estimate of drug-likeness (QED) is 0.561. The van der Waals surface area contributed by atoms with Crippen LogP contribution in [0.5, 0.6) is 5.75 Å². The molecule has 30 heavy (non-hydrogen) atoms.